The van der Waals surface area contributed by atoms with Gasteiger partial charge in [0.05, 0.1) is 19.8 Å². The zero-order valence-electron chi connectivity index (χ0n) is 9.21. The normalized spacial score (nSPS) is 35.6. The van der Waals surface area contributed by atoms with Crippen LogP contribution in [0.5, 0.6) is 0 Å². The summed E-state index contributed by atoms with van der Waals surface area (Å²) in [4.78, 5) is 2.48. The first kappa shape index (κ1) is 10.0. The van der Waals surface area contributed by atoms with Crippen LogP contribution in [-0.4, -0.2) is 56.1 Å². The number of nitrogens with zero attached hydrogens (tertiary/aromatic N) is 1. The predicted octanol–water partition coefficient (Wildman–Crippen LogP) is 0.187. The van der Waals surface area contributed by atoms with Crippen LogP contribution >= 0.6 is 0 Å². The average Bonchev–Trinajstić information content (AvgIpc) is 2.92. The van der Waals surface area contributed by atoms with Crippen molar-refractivity contribution >= 4 is 0 Å². The lowest BCUT2D eigenvalue weighted by Crippen LogP contribution is -2.39. The number of rotatable bonds is 2. The van der Waals surface area contributed by atoms with E-state index in [1.165, 1.54) is 19.4 Å². The van der Waals surface area contributed by atoms with Crippen LogP contribution in [0.4, 0.5) is 0 Å². The molecule has 0 saturated carbocycles. The summed E-state index contributed by atoms with van der Waals surface area (Å²) in [7, 11) is 0. The van der Waals surface area contributed by atoms with Gasteiger partial charge in [-0.05, 0) is 19.4 Å². The number of hydrogen-bond acceptors (Lipinski definition) is 4. The molecular weight excluding hydrogens is 192 g/mol. The quantitative estimate of drug-likeness (QED) is 0.708. The van der Waals surface area contributed by atoms with Crippen LogP contribution in [0.15, 0.2) is 0 Å². The standard InChI is InChI=1S/C11H20N2O2/c1-2-10(12-4-1)8-13-5-3-11(9-13)14-6-7-15-11/h10,12H,1-9H2/t10-/m0/s1. The van der Waals surface area contributed by atoms with Crippen molar-refractivity contribution in [3.63, 3.8) is 0 Å². The number of likely N-dealkylation sites (tertiary alicyclic amines) is 1. The molecule has 3 rings (SSSR count). The van der Waals surface area contributed by atoms with E-state index in [1.54, 1.807) is 0 Å². The van der Waals surface area contributed by atoms with Crippen LogP contribution in [0, 0.1) is 0 Å². The SMILES string of the molecule is C1CN[C@H](CN2CCC3(C2)OCCO3)C1. The van der Waals surface area contributed by atoms with E-state index >= 15 is 0 Å². The smallest absolute Gasteiger partial charge is 0.182 e. The summed E-state index contributed by atoms with van der Waals surface area (Å²) in [6.07, 6.45) is 3.70. The summed E-state index contributed by atoms with van der Waals surface area (Å²) >= 11 is 0. The highest BCUT2D eigenvalue weighted by atomic mass is 16.7. The third kappa shape index (κ3) is 2.04. The lowest BCUT2D eigenvalue weighted by Gasteiger charge is -2.24. The average molecular weight is 212 g/mol. The molecule has 0 aromatic heterocycles. The van der Waals surface area contributed by atoms with Crippen LogP contribution in [-0.2, 0) is 9.47 Å². The minimum Gasteiger partial charge on any atom is -0.346 e. The molecule has 3 aliphatic heterocycles. The van der Waals surface area contributed by atoms with E-state index in [9.17, 15) is 0 Å². The second-order valence-electron chi connectivity index (χ2n) is 4.89. The van der Waals surface area contributed by atoms with Gasteiger partial charge in [0, 0.05) is 25.6 Å². The van der Waals surface area contributed by atoms with Crippen molar-refractivity contribution in [3.05, 3.63) is 0 Å². The van der Waals surface area contributed by atoms with E-state index in [2.05, 4.69) is 10.2 Å². The molecule has 1 spiro atoms. The highest BCUT2D eigenvalue weighted by Gasteiger charge is 2.43. The van der Waals surface area contributed by atoms with Gasteiger partial charge >= 0.3 is 0 Å². The first-order valence-electron chi connectivity index (χ1n) is 6.10. The maximum atomic E-state index is 5.71. The molecule has 4 nitrogen and oxygen atoms in total. The Hall–Kier alpha value is -0.160. The Bertz CT molecular complexity index is 223. The van der Waals surface area contributed by atoms with Gasteiger partial charge in [0.1, 0.15) is 0 Å². The van der Waals surface area contributed by atoms with Gasteiger partial charge in [-0.2, -0.15) is 0 Å². The Morgan fingerprint density at radius 3 is 2.93 bits per heavy atom. The van der Waals surface area contributed by atoms with Crippen LogP contribution in [0.3, 0.4) is 0 Å². The van der Waals surface area contributed by atoms with Gasteiger partial charge in [-0.25, -0.2) is 0 Å². The van der Waals surface area contributed by atoms with Crippen molar-refractivity contribution in [1.29, 1.82) is 0 Å². The van der Waals surface area contributed by atoms with Crippen LogP contribution in [0.25, 0.3) is 0 Å². The van der Waals surface area contributed by atoms with Gasteiger partial charge in [0.25, 0.3) is 0 Å². The lowest BCUT2D eigenvalue weighted by molar-refractivity contribution is -0.145. The fourth-order valence-corrected chi connectivity index (χ4v) is 2.94. The van der Waals surface area contributed by atoms with Crippen molar-refractivity contribution in [3.8, 4) is 0 Å². The summed E-state index contributed by atoms with van der Waals surface area (Å²) in [5.41, 5.74) is 0. The molecular formula is C11H20N2O2. The topological polar surface area (TPSA) is 33.7 Å². The Kier molecular flexibility index (Phi) is 2.68. The number of ether oxygens (including phenoxy) is 2. The van der Waals surface area contributed by atoms with Gasteiger partial charge in [0.2, 0.25) is 0 Å². The van der Waals surface area contributed by atoms with E-state index in [0.29, 0.717) is 6.04 Å². The molecule has 86 valence electrons. The number of nitrogens with one attached hydrogen (secondary N) is 1. The zero-order valence-corrected chi connectivity index (χ0v) is 9.21. The summed E-state index contributed by atoms with van der Waals surface area (Å²) in [5.74, 6) is -0.237. The molecule has 0 aromatic carbocycles. The van der Waals surface area contributed by atoms with Gasteiger partial charge in [-0.1, -0.05) is 0 Å². The molecule has 3 saturated heterocycles. The maximum Gasteiger partial charge on any atom is 0.182 e. The Balaban J connectivity index is 1.52. The fraction of sp³-hybridized carbons (Fsp3) is 1.00. The highest BCUT2D eigenvalue weighted by molar-refractivity contribution is 4.89. The molecule has 4 heteroatoms. The minimum absolute atomic E-state index is 0.237. The van der Waals surface area contributed by atoms with Crippen molar-refractivity contribution in [1.82, 2.24) is 10.2 Å². The van der Waals surface area contributed by atoms with E-state index in [-0.39, 0.29) is 5.79 Å². The molecule has 15 heavy (non-hydrogen) atoms. The summed E-state index contributed by atoms with van der Waals surface area (Å²) in [6, 6.07) is 0.696. The molecule has 3 heterocycles. The van der Waals surface area contributed by atoms with E-state index < -0.39 is 0 Å². The van der Waals surface area contributed by atoms with Crippen molar-refractivity contribution in [2.45, 2.75) is 31.1 Å². The van der Waals surface area contributed by atoms with Gasteiger partial charge in [-0.3, -0.25) is 4.90 Å². The Morgan fingerprint density at radius 1 is 1.33 bits per heavy atom. The zero-order chi connectivity index (χ0) is 10.1. The molecule has 3 fully saturated rings. The van der Waals surface area contributed by atoms with Crippen molar-refractivity contribution in [2.24, 2.45) is 0 Å². The van der Waals surface area contributed by atoms with E-state index in [1.807, 2.05) is 0 Å². The minimum atomic E-state index is -0.237. The van der Waals surface area contributed by atoms with Crippen LogP contribution < -0.4 is 5.32 Å². The first-order chi connectivity index (χ1) is 7.36. The third-order valence-corrected chi connectivity index (χ3v) is 3.73. The molecule has 0 radical (unpaired) electrons. The van der Waals surface area contributed by atoms with Crippen molar-refractivity contribution < 1.29 is 9.47 Å². The second kappa shape index (κ2) is 4.01. The largest absolute Gasteiger partial charge is 0.346 e. The monoisotopic (exact) mass is 212 g/mol. The molecule has 0 bridgehead atoms. The van der Waals surface area contributed by atoms with E-state index in [0.717, 1.165) is 39.3 Å². The van der Waals surface area contributed by atoms with Crippen LogP contribution in [0.1, 0.15) is 19.3 Å². The molecule has 0 aromatic rings. The van der Waals surface area contributed by atoms with Gasteiger partial charge in [0.15, 0.2) is 5.79 Å². The fourth-order valence-electron chi connectivity index (χ4n) is 2.94. The van der Waals surface area contributed by atoms with E-state index in [4.69, 9.17) is 9.47 Å². The predicted molar refractivity (Wildman–Crippen MR) is 56.7 cm³/mol. The molecule has 0 unspecified atom stereocenters. The molecule has 1 N–H and O–H groups in total. The van der Waals surface area contributed by atoms with Gasteiger partial charge in [-0.15, -0.1) is 0 Å². The second-order valence-corrected chi connectivity index (χ2v) is 4.89. The Labute approximate surface area is 90.9 Å². The molecule has 0 aliphatic carbocycles. The number of hydrogen-bond donors (Lipinski definition) is 1. The van der Waals surface area contributed by atoms with Crippen molar-refractivity contribution in [2.75, 3.05) is 39.4 Å². The summed E-state index contributed by atoms with van der Waals surface area (Å²) in [6.45, 7) is 5.99. The first-order valence-corrected chi connectivity index (χ1v) is 6.10. The lowest BCUT2D eigenvalue weighted by atomic mass is 10.2. The third-order valence-electron chi connectivity index (χ3n) is 3.73. The maximum absolute atomic E-state index is 5.71. The Morgan fingerprint density at radius 2 is 2.20 bits per heavy atom. The highest BCUT2D eigenvalue weighted by Crippen LogP contribution is 2.30. The summed E-state index contributed by atoms with van der Waals surface area (Å²) in [5, 5.41) is 3.54. The molecule has 3 aliphatic rings. The summed E-state index contributed by atoms with van der Waals surface area (Å²) < 4.78 is 11.4. The molecule has 1 atom stereocenters. The van der Waals surface area contributed by atoms with Crippen LogP contribution in [0.2, 0.25) is 0 Å². The van der Waals surface area contributed by atoms with Gasteiger partial charge < -0.3 is 14.8 Å². The molecule has 0 amide bonds.